The molecule has 1 aliphatic carbocycles. The molecule has 0 radical (unpaired) electrons. The third kappa shape index (κ3) is 2.72. The number of aromatic nitrogens is 1. The molecule has 0 unspecified atom stereocenters. The Bertz CT molecular complexity index is 383. The molecule has 1 aromatic rings. The fourth-order valence-electron chi connectivity index (χ4n) is 2.02. The molecular formula is C12H16F2N2O. The van der Waals surface area contributed by atoms with E-state index in [1.54, 1.807) is 0 Å². The first kappa shape index (κ1) is 12.2. The number of halogens is 2. The smallest absolute Gasteiger partial charge is 0.168 e. The van der Waals surface area contributed by atoms with Crippen LogP contribution < -0.4 is 4.90 Å². The summed E-state index contributed by atoms with van der Waals surface area (Å²) in [5.41, 5.74) is 0. The van der Waals surface area contributed by atoms with E-state index in [0.717, 1.165) is 31.5 Å². The van der Waals surface area contributed by atoms with E-state index in [9.17, 15) is 8.78 Å². The first-order valence-corrected chi connectivity index (χ1v) is 5.91. The molecule has 1 saturated carbocycles. The molecular weight excluding hydrogens is 226 g/mol. The molecule has 94 valence electrons. The number of anilines is 1. The van der Waals surface area contributed by atoms with Crippen molar-refractivity contribution in [2.45, 2.75) is 31.7 Å². The van der Waals surface area contributed by atoms with Crippen molar-refractivity contribution in [3.8, 4) is 0 Å². The second-order valence-corrected chi connectivity index (χ2v) is 4.31. The van der Waals surface area contributed by atoms with Crippen LogP contribution in [0.3, 0.4) is 0 Å². The second kappa shape index (κ2) is 5.40. The number of pyridine rings is 1. The van der Waals surface area contributed by atoms with Gasteiger partial charge in [0.25, 0.3) is 0 Å². The highest BCUT2D eigenvalue weighted by Gasteiger charge is 2.27. The van der Waals surface area contributed by atoms with E-state index in [2.05, 4.69) is 4.98 Å². The van der Waals surface area contributed by atoms with Crippen molar-refractivity contribution < 1.29 is 13.9 Å². The van der Waals surface area contributed by atoms with Crippen LogP contribution in [0.2, 0.25) is 0 Å². The predicted molar refractivity (Wildman–Crippen MR) is 60.8 cm³/mol. The summed E-state index contributed by atoms with van der Waals surface area (Å²) < 4.78 is 26.4. The molecule has 0 amide bonds. The Hall–Kier alpha value is -1.23. The van der Waals surface area contributed by atoms with Crippen LogP contribution in [0.15, 0.2) is 12.3 Å². The molecule has 5 heteroatoms. The summed E-state index contributed by atoms with van der Waals surface area (Å²) in [4.78, 5) is 5.67. The fraction of sp³-hybridized carbons (Fsp3) is 0.583. The molecule has 2 rings (SSSR count). The van der Waals surface area contributed by atoms with E-state index >= 15 is 0 Å². The first-order chi connectivity index (χ1) is 8.22. The van der Waals surface area contributed by atoms with E-state index in [4.69, 9.17) is 5.11 Å². The Labute approximate surface area is 99.1 Å². The van der Waals surface area contributed by atoms with Crippen LogP contribution in [0.5, 0.6) is 0 Å². The molecule has 0 spiro atoms. The van der Waals surface area contributed by atoms with Gasteiger partial charge in [0.05, 0.1) is 6.20 Å². The summed E-state index contributed by atoms with van der Waals surface area (Å²) in [6.07, 6.45) is 4.73. The van der Waals surface area contributed by atoms with E-state index in [1.165, 1.54) is 0 Å². The van der Waals surface area contributed by atoms with Crippen LogP contribution >= 0.6 is 0 Å². The maximum absolute atomic E-state index is 13.6. The van der Waals surface area contributed by atoms with Gasteiger partial charge in [-0.15, -0.1) is 0 Å². The molecule has 0 aliphatic heterocycles. The summed E-state index contributed by atoms with van der Waals surface area (Å²) in [6, 6.07) is 1.13. The average molecular weight is 242 g/mol. The zero-order chi connectivity index (χ0) is 12.3. The summed E-state index contributed by atoms with van der Waals surface area (Å²) >= 11 is 0. The van der Waals surface area contributed by atoms with E-state index in [-0.39, 0.29) is 18.5 Å². The van der Waals surface area contributed by atoms with Gasteiger partial charge in [-0.1, -0.05) is 0 Å². The Morgan fingerprint density at radius 3 is 2.71 bits per heavy atom. The van der Waals surface area contributed by atoms with E-state index < -0.39 is 11.6 Å². The van der Waals surface area contributed by atoms with E-state index in [0.29, 0.717) is 13.0 Å². The zero-order valence-electron chi connectivity index (χ0n) is 9.57. The monoisotopic (exact) mass is 242 g/mol. The largest absolute Gasteiger partial charge is 0.396 e. The van der Waals surface area contributed by atoms with Crippen molar-refractivity contribution in [1.29, 1.82) is 0 Å². The molecule has 0 bridgehead atoms. The van der Waals surface area contributed by atoms with Gasteiger partial charge in [0.1, 0.15) is 5.82 Å². The second-order valence-electron chi connectivity index (χ2n) is 4.31. The van der Waals surface area contributed by atoms with Gasteiger partial charge in [0.2, 0.25) is 0 Å². The van der Waals surface area contributed by atoms with Crippen molar-refractivity contribution in [3.63, 3.8) is 0 Å². The molecule has 0 saturated heterocycles. The standard InChI is InChI=1S/C12H16F2N2O/c13-9-7-11(14)12(15-8-9)16(5-2-6-17)10-3-1-4-10/h7-8,10,17H,1-6H2. The van der Waals surface area contributed by atoms with Gasteiger partial charge in [-0.25, -0.2) is 13.8 Å². The van der Waals surface area contributed by atoms with Crippen molar-refractivity contribution in [2.24, 2.45) is 0 Å². The minimum absolute atomic E-state index is 0.0615. The summed E-state index contributed by atoms with van der Waals surface area (Å²) in [5.74, 6) is -1.10. The summed E-state index contributed by atoms with van der Waals surface area (Å²) in [6.45, 7) is 0.614. The number of hydrogen-bond acceptors (Lipinski definition) is 3. The Balaban J connectivity index is 2.17. The molecule has 0 atom stereocenters. The number of hydrogen-bond donors (Lipinski definition) is 1. The highest BCUT2D eigenvalue weighted by atomic mass is 19.1. The van der Waals surface area contributed by atoms with Gasteiger partial charge in [0.15, 0.2) is 11.6 Å². The molecule has 0 aromatic carbocycles. The highest BCUT2D eigenvalue weighted by molar-refractivity contribution is 5.41. The number of aliphatic hydroxyl groups excluding tert-OH is 1. The summed E-state index contributed by atoms with van der Waals surface area (Å²) in [5, 5.41) is 8.85. The quantitative estimate of drug-likeness (QED) is 0.859. The molecule has 17 heavy (non-hydrogen) atoms. The Kier molecular flexibility index (Phi) is 3.89. The maximum Gasteiger partial charge on any atom is 0.168 e. The normalized spacial score (nSPS) is 15.7. The maximum atomic E-state index is 13.6. The fourth-order valence-corrected chi connectivity index (χ4v) is 2.02. The first-order valence-electron chi connectivity index (χ1n) is 5.91. The van der Waals surface area contributed by atoms with E-state index in [1.807, 2.05) is 4.90 Å². The lowest BCUT2D eigenvalue weighted by Crippen LogP contribution is -2.42. The molecule has 1 heterocycles. The Morgan fingerprint density at radius 1 is 1.41 bits per heavy atom. The Morgan fingerprint density at radius 2 is 2.18 bits per heavy atom. The number of nitrogens with zero attached hydrogens (tertiary/aromatic N) is 2. The highest BCUT2D eigenvalue weighted by Crippen LogP contribution is 2.30. The van der Waals surface area contributed by atoms with Crippen LogP contribution in [-0.2, 0) is 0 Å². The van der Waals surface area contributed by atoms with Crippen molar-refractivity contribution in [2.75, 3.05) is 18.1 Å². The van der Waals surface area contributed by atoms with Gasteiger partial charge in [-0.2, -0.15) is 0 Å². The van der Waals surface area contributed by atoms with Crippen molar-refractivity contribution >= 4 is 5.82 Å². The molecule has 1 N–H and O–H groups in total. The topological polar surface area (TPSA) is 36.4 Å². The third-order valence-electron chi connectivity index (χ3n) is 3.13. The van der Waals surface area contributed by atoms with Crippen LogP contribution in [-0.4, -0.2) is 29.3 Å². The van der Waals surface area contributed by atoms with Crippen LogP contribution in [0.4, 0.5) is 14.6 Å². The van der Waals surface area contributed by atoms with Gasteiger partial charge < -0.3 is 10.0 Å². The summed E-state index contributed by atoms with van der Waals surface area (Å²) in [7, 11) is 0. The number of rotatable bonds is 5. The molecule has 3 nitrogen and oxygen atoms in total. The van der Waals surface area contributed by atoms with Gasteiger partial charge in [-0.3, -0.25) is 0 Å². The lowest BCUT2D eigenvalue weighted by molar-refractivity contribution is 0.282. The predicted octanol–water partition coefficient (Wildman–Crippen LogP) is 2.10. The van der Waals surface area contributed by atoms with Gasteiger partial charge in [0, 0.05) is 25.3 Å². The molecule has 1 aromatic heterocycles. The SMILES string of the molecule is OCCCN(c1ncc(F)cc1F)C1CCC1. The van der Waals surface area contributed by atoms with Crippen LogP contribution in [0, 0.1) is 11.6 Å². The minimum atomic E-state index is -0.665. The lowest BCUT2D eigenvalue weighted by atomic mass is 9.91. The number of aliphatic hydroxyl groups is 1. The molecule has 1 fully saturated rings. The van der Waals surface area contributed by atoms with Gasteiger partial charge >= 0.3 is 0 Å². The lowest BCUT2D eigenvalue weighted by Gasteiger charge is -2.38. The minimum Gasteiger partial charge on any atom is -0.396 e. The van der Waals surface area contributed by atoms with Crippen LogP contribution in [0.25, 0.3) is 0 Å². The van der Waals surface area contributed by atoms with Gasteiger partial charge in [-0.05, 0) is 25.7 Å². The van der Waals surface area contributed by atoms with Crippen molar-refractivity contribution in [1.82, 2.24) is 4.98 Å². The zero-order valence-corrected chi connectivity index (χ0v) is 9.57. The molecule has 1 aliphatic rings. The van der Waals surface area contributed by atoms with Crippen LogP contribution in [0.1, 0.15) is 25.7 Å². The van der Waals surface area contributed by atoms with Crippen molar-refractivity contribution in [3.05, 3.63) is 23.9 Å². The third-order valence-corrected chi connectivity index (χ3v) is 3.13. The average Bonchev–Trinajstić information content (AvgIpc) is 2.22.